The highest BCUT2D eigenvalue weighted by molar-refractivity contribution is 7.86. The average molecular weight is 459 g/mol. The predicted molar refractivity (Wildman–Crippen MR) is 115 cm³/mol. The van der Waals surface area contributed by atoms with E-state index in [4.69, 9.17) is 18.4 Å². The maximum atomic E-state index is 12.9. The number of fused-ring (bicyclic) bond motifs is 3. The maximum absolute atomic E-state index is 12.9. The Morgan fingerprint density at radius 3 is 2.39 bits per heavy atom. The van der Waals surface area contributed by atoms with Crippen molar-refractivity contribution in [3.63, 3.8) is 0 Å². The number of methoxy groups -OCH3 is 2. The van der Waals surface area contributed by atoms with Gasteiger partial charge in [0.1, 0.15) is 12.9 Å². The second kappa shape index (κ2) is 7.96. The van der Waals surface area contributed by atoms with Crippen molar-refractivity contribution in [1.82, 2.24) is 0 Å². The summed E-state index contributed by atoms with van der Waals surface area (Å²) in [5, 5.41) is 0. The highest BCUT2D eigenvalue weighted by Crippen LogP contribution is 2.72. The summed E-state index contributed by atoms with van der Waals surface area (Å²) in [6.45, 7) is 4.58. The molecule has 0 unspecified atom stereocenters. The largest absolute Gasteiger partial charge is 0.469 e. The summed E-state index contributed by atoms with van der Waals surface area (Å²) in [7, 11) is -0.518. The van der Waals surface area contributed by atoms with Crippen LogP contribution in [0.15, 0.2) is 0 Å². The topological polar surface area (TPSA) is 88.1 Å². The van der Waals surface area contributed by atoms with Crippen molar-refractivity contribution in [1.29, 1.82) is 0 Å². The lowest BCUT2D eigenvalue weighted by molar-refractivity contribution is -0.276. The van der Waals surface area contributed by atoms with E-state index in [1.807, 2.05) is 0 Å². The highest BCUT2D eigenvalue weighted by atomic mass is 32.2. The van der Waals surface area contributed by atoms with Gasteiger partial charge in [-0.1, -0.05) is 13.3 Å². The molecule has 0 saturated heterocycles. The fourth-order valence-corrected chi connectivity index (χ4v) is 9.13. The van der Waals surface area contributed by atoms with Gasteiger partial charge in [-0.15, -0.1) is 0 Å². The monoisotopic (exact) mass is 458 g/mol. The van der Waals surface area contributed by atoms with Crippen LogP contribution in [0, 0.1) is 34.0 Å². The first kappa shape index (κ1) is 23.5. The Kier molecular flexibility index (Phi) is 6.02. The third-order valence-electron chi connectivity index (χ3n) is 9.52. The molecule has 1 spiro atoms. The zero-order chi connectivity index (χ0) is 22.7. The van der Waals surface area contributed by atoms with Crippen molar-refractivity contribution in [2.24, 2.45) is 34.0 Å². The third-order valence-corrected chi connectivity index (χ3v) is 10.1. The zero-order valence-corrected chi connectivity index (χ0v) is 20.3. The lowest BCUT2D eigenvalue weighted by Gasteiger charge is -2.70. The summed E-state index contributed by atoms with van der Waals surface area (Å²) in [5.74, 6) is 0.660. The molecule has 0 aromatic heterocycles. The summed E-state index contributed by atoms with van der Waals surface area (Å²) >= 11 is 0. The van der Waals surface area contributed by atoms with E-state index >= 15 is 0 Å². The number of hydrogen-bond donors (Lipinski definition) is 0. The fourth-order valence-electron chi connectivity index (χ4n) is 8.47. The number of esters is 1. The van der Waals surface area contributed by atoms with Crippen LogP contribution in [0.5, 0.6) is 0 Å². The van der Waals surface area contributed by atoms with E-state index in [1.165, 1.54) is 7.11 Å². The van der Waals surface area contributed by atoms with Gasteiger partial charge in [-0.2, -0.15) is 8.42 Å². The minimum Gasteiger partial charge on any atom is -0.469 e. The van der Waals surface area contributed by atoms with Crippen molar-refractivity contribution in [3.8, 4) is 0 Å². The van der Waals surface area contributed by atoms with E-state index in [-0.39, 0.29) is 41.5 Å². The Hall–Kier alpha value is -0.700. The Bertz CT molecular complexity index is 813. The van der Waals surface area contributed by atoms with Crippen LogP contribution in [0.1, 0.15) is 65.2 Å². The van der Waals surface area contributed by atoms with Gasteiger partial charge in [0, 0.05) is 12.5 Å². The van der Waals surface area contributed by atoms with E-state index in [2.05, 4.69) is 13.8 Å². The molecule has 5 saturated carbocycles. The van der Waals surface area contributed by atoms with Crippen molar-refractivity contribution in [2.75, 3.05) is 27.3 Å². The molecule has 5 rings (SSSR count). The fraction of sp³-hybridized carbons (Fsp3) is 0.957. The van der Waals surface area contributed by atoms with Gasteiger partial charge in [0.05, 0.1) is 24.9 Å². The number of carbonyl (C=O) groups excluding carboxylic acids is 1. The van der Waals surface area contributed by atoms with Crippen molar-refractivity contribution in [2.45, 2.75) is 77.4 Å². The minimum atomic E-state index is -3.60. The molecule has 178 valence electrons. The van der Waals surface area contributed by atoms with Crippen LogP contribution < -0.4 is 0 Å². The molecule has 5 fully saturated rings. The van der Waals surface area contributed by atoms with Gasteiger partial charge in [0.15, 0.2) is 0 Å². The smallest absolute Gasteiger partial charge is 0.311 e. The van der Waals surface area contributed by atoms with Gasteiger partial charge in [-0.25, -0.2) is 0 Å². The summed E-state index contributed by atoms with van der Waals surface area (Å²) in [6.07, 6.45) is 8.02. The molecule has 0 N–H and O–H groups in total. The van der Waals surface area contributed by atoms with Gasteiger partial charge in [0.25, 0.3) is 10.1 Å². The van der Waals surface area contributed by atoms with E-state index < -0.39 is 21.6 Å². The van der Waals surface area contributed by atoms with E-state index in [0.717, 1.165) is 57.6 Å². The lowest BCUT2D eigenvalue weighted by Crippen LogP contribution is -2.69. The molecule has 0 aromatic carbocycles. The zero-order valence-electron chi connectivity index (χ0n) is 19.5. The molecule has 8 atom stereocenters. The first-order chi connectivity index (χ1) is 14.5. The molecule has 7 nitrogen and oxygen atoms in total. The Morgan fingerprint density at radius 2 is 1.74 bits per heavy atom. The van der Waals surface area contributed by atoms with E-state index in [1.54, 1.807) is 7.11 Å². The van der Waals surface area contributed by atoms with Crippen LogP contribution >= 0.6 is 0 Å². The molecule has 0 amide bonds. The number of hydrogen-bond acceptors (Lipinski definition) is 7. The Balaban J connectivity index is 1.73. The molecule has 0 aliphatic heterocycles. The van der Waals surface area contributed by atoms with Crippen LogP contribution in [0.25, 0.3) is 0 Å². The van der Waals surface area contributed by atoms with E-state index in [0.29, 0.717) is 5.92 Å². The molecular formula is C23H38O7S. The summed E-state index contributed by atoms with van der Waals surface area (Å²) in [6, 6.07) is 0. The lowest BCUT2D eigenvalue weighted by atomic mass is 9.36. The molecule has 0 heterocycles. The SMILES string of the molecule is COCO[C@@H]1[C@H](OS(C)(=O)=O)[C@H]2CC[C@@]13CC[C@H]1[C@@](C)(CCC[C@@]1(C)C(=O)OC)[C@@H]3C2. The molecule has 5 aliphatic carbocycles. The van der Waals surface area contributed by atoms with Crippen LogP contribution in [0.4, 0.5) is 0 Å². The molecule has 2 bridgehead atoms. The van der Waals surface area contributed by atoms with Gasteiger partial charge in [-0.3, -0.25) is 8.98 Å². The molecule has 31 heavy (non-hydrogen) atoms. The summed E-state index contributed by atoms with van der Waals surface area (Å²) in [4.78, 5) is 12.9. The minimum absolute atomic E-state index is 0.0111. The molecule has 0 aromatic rings. The van der Waals surface area contributed by atoms with Gasteiger partial charge in [-0.05, 0) is 75.0 Å². The predicted octanol–water partition coefficient (Wildman–Crippen LogP) is 3.52. The van der Waals surface area contributed by atoms with Crippen LogP contribution in [0.2, 0.25) is 0 Å². The number of rotatable bonds is 6. The second-order valence-corrected chi connectivity index (χ2v) is 12.5. The van der Waals surface area contributed by atoms with Crippen molar-refractivity contribution >= 4 is 16.1 Å². The maximum Gasteiger partial charge on any atom is 0.311 e. The normalized spacial score (nSPS) is 46.8. The Morgan fingerprint density at radius 1 is 1.03 bits per heavy atom. The van der Waals surface area contributed by atoms with Crippen LogP contribution in [-0.2, 0) is 33.3 Å². The van der Waals surface area contributed by atoms with Crippen molar-refractivity contribution in [3.05, 3.63) is 0 Å². The summed E-state index contributed by atoms with van der Waals surface area (Å²) < 4.78 is 46.5. The summed E-state index contributed by atoms with van der Waals surface area (Å²) in [5.41, 5.74) is -0.628. The van der Waals surface area contributed by atoms with Crippen LogP contribution in [-0.4, -0.2) is 53.9 Å². The van der Waals surface area contributed by atoms with Gasteiger partial charge < -0.3 is 14.2 Å². The van der Waals surface area contributed by atoms with Gasteiger partial charge >= 0.3 is 5.97 Å². The number of ether oxygens (including phenoxy) is 3. The highest BCUT2D eigenvalue weighted by Gasteiger charge is 2.69. The van der Waals surface area contributed by atoms with Crippen LogP contribution in [0.3, 0.4) is 0 Å². The Labute approximate surface area is 186 Å². The first-order valence-electron chi connectivity index (χ1n) is 11.6. The van der Waals surface area contributed by atoms with Crippen molar-refractivity contribution < 1.29 is 31.6 Å². The molecular weight excluding hydrogens is 420 g/mol. The standard InChI is InChI=1S/C23H38O7S/c1-21-9-6-10-22(2,20(24)28-4)16(21)8-12-23-11-7-15(13-17(21)23)18(30-31(5,25)26)19(23)29-14-27-3/h15-19H,6-14H2,1-5H3/t15-,16-,17-,18+,19+,21+,22+,23-/m0/s1. The average Bonchev–Trinajstić information content (AvgIpc) is 2.71. The number of carbonyl (C=O) groups is 1. The van der Waals surface area contributed by atoms with Gasteiger partial charge in [0.2, 0.25) is 0 Å². The third kappa shape index (κ3) is 3.56. The van der Waals surface area contributed by atoms with E-state index in [9.17, 15) is 13.2 Å². The first-order valence-corrected chi connectivity index (χ1v) is 13.4. The molecule has 5 aliphatic rings. The quantitative estimate of drug-likeness (QED) is 0.342. The second-order valence-electron chi connectivity index (χ2n) is 10.9. The molecule has 0 radical (unpaired) electrons. The molecule has 8 heteroatoms.